The van der Waals surface area contributed by atoms with Gasteiger partial charge in [0.2, 0.25) is 5.88 Å². The van der Waals surface area contributed by atoms with E-state index >= 15 is 0 Å². The molecular weight excluding hydrogens is 421 g/mol. The minimum Gasteiger partial charge on any atom is -0.438 e. The van der Waals surface area contributed by atoms with E-state index in [1.165, 1.54) is 6.07 Å². The molecule has 6 nitrogen and oxygen atoms in total. The Kier molecular flexibility index (Phi) is 6.25. The Morgan fingerprint density at radius 3 is 2.44 bits per heavy atom. The molecule has 0 radical (unpaired) electrons. The SMILES string of the molecule is O=C(c1cccnc1Oc1ccccc1)N1CCCN(c2ccc(C(F)(F)F)cn2)CC1. The monoisotopic (exact) mass is 442 g/mol. The summed E-state index contributed by atoms with van der Waals surface area (Å²) >= 11 is 0. The summed E-state index contributed by atoms with van der Waals surface area (Å²) in [6.45, 7) is 1.96. The van der Waals surface area contributed by atoms with E-state index in [1.807, 2.05) is 23.1 Å². The molecule has 2 aromatic heterocycles. The highest BCUT2D eigenvalue weighted by Gasteiger charge is 2.31. The van der Waals surface area contributed by atoms with Gasteiger partial charge in [-0.1, -0.05) is 18.2 Å². The highest BCUT2D eigenvalue weighted by Crippen LogP contribution is 2.30. The number of hydrogen-bond acceptors (Lipinski definition) is 5. The van der Waals surface area contributed by atoms with Gasteiger partial charge in [-0.15, -0.1) is 0 Å². The minimum atomic E-state index is -4.42. The van der Waals surface area contributed by atoms with Crippen LogP contribution in [0.15, 0.2) is 67.0 Å². The zero-order chi connectivity index (χ0) is 22.6. The van der Waals surface area contributed by atoms with Crippen LogP contribution in [-0.4, -0.2) is 47.0 Å². The van der Waals surface area contributed by atoms with Crippen molar-refractivity contribution in [3.63, 3.8) is 0 Å². The van der Waals surface area contributed by atoms with Crippen LogP contribution in [0, 0.1) is 0 Å². The van der Waals surface area contributed by atoms with Crippen molar-refractivity contribution in [1.82, 2.24) is 14.9 Å². The van der Waals surface area contributed by atoms with Gasteiger partial charge in [-0.3, -0.25) is 4.79 Å². The molecule has 1 aromatic carbocycles. The van der Waals surface area contributed by atoms with Crippen LogP contribution in [0.4, 0.5) is 19.0 Å². The van der Waals surface area contributed by atoms with Crippen LogP contribution in [0.3, 0.4) is 0 Å². The highest BCUT2D eigenvalue weighted by molar-refractivity contribution is 5.96. The van der Waals surface area contributed by atoms with Crippen molar-refractivity contribution in [2.24, 2.45) is 0 Å². The molecule has 0 N–H and O–H groups in total. The molecule has 3 aromatic rings. The first-order valence-corrected chi connectivity index (χ1v) is 10.2. The number of anilines is 1. The first kappa shape index (κ1) is 21.6. The summed E-state index contributed by atoms with van der Waals surface area (Å²) in [4.78, 5) is 25.0. The third-order valence-corrected chi connectivity index (χ3v) is 5.14. The Hall–Kier alpha value is -3.62. The molecule has 3 heterocycles. The fourth-order valence-electron chi connectivity index (χ4n) is 3.50. The molecule has 4 rings (SSSR count). The first-order chi connectivity index (χ1) is 15.4. The van der Waals surface area contributed by atoms with E-state index in [-0.39, 0.29) is 11.8 Å². The number of aromatic nitrogens is 2. The number of para-hydroxylation sites is 1. The van der Waals surface area contributed by atoms with Crippen molar-refractivity contribution >= 4 is 11.7 Å². The second-order valence-electron chi connectivity index (χ2n) is 7.31. The molecule has 166 valence electrons. The molecule has 32 heavy (non-hydrogen) atoms. The molecule has 0 aliphatic carbocycles. The summed E-state index contributed by atoms with van der Waals surface area (Å²) in [5.74, 6) is 1.07. The van der Waals surface area contributed by atoms with Gasteiger partial charge in [-0.05, 0) is 42.8 Å². The fraction of sp³-hybridized carbons (Fsp3) is 0.261. The lowest BCUT2D eigenvalue weighted by Gasteiger charge is -2.23. The van der Waals surface area contributed by atoms with Crippen molar-refractivity contribution in [2.45, 2.75) is 12.6 Å². The molecule has 0 unspecified atom stereocenters. The number of nitrogens with zero attached hydrogens (tertiary/aromatic N) is 4. The summed E-state index contributed by atoms with van der Waals surface area (Å²) in [5.41, 5.74) is -0.423. The van der Waals surface area contributed by atoms with Gasteiger partial charge in [0, 0.05) is 38.6 Å². The molecule has 0 saturated carbocycles. The van der Waals surface area contributed by atoms with Crippen LogP contribution in [0.25, 0.3) is 0 Å². The van der Waals surface area contributed by atoms with Crippen LogP contribution in [0.2, 0.25) is 0 Å². The Bertz CT molecular complexity index is 1060. The van der Waals surface area contributed by atoms with Gasteiger partial charge in [-0.25, -0.2) is 9.97 Å². The maximum Gasteiger partial charge on any atom is 0.417 e. The van der Waals surface area contributed by atoms with E-state index in [0.29, 0.717) is 49.7 Å². The van der Waals surface area contributed by atoms with Gasteiger partial charge in [0.05, 0.1) is 5.56 Å². The predicted octanol–water partition coefficient (Wildman–Crippen LogP) is 4.64. The number of rotatable bonds is 4. The maximum absolute atomic E-state index is 13.2. The third-order valence-electron chi connectivity index (χ3n) is 5.14. The summed E-state index contributed by atoms with van der Waals surface area (Å²) < 4.78 is 44.2. The van der Waals surface area contributed by atoms with Crippen LogP contribution in [-0.2, 0) is 6.18 Å². The number of carbonyl (C=O) groups excluding carboxylic acids is 1. The number of amides is 1. The molecule has 9 heteroatoms. The van der Waals surface area contributed by atoms with Crippen molar-refractivity contribution in [2.75, 3.05) is 31.1 Å². The Morgan fingerprint density at radius 1 is 0.906 bits per heavy atom. The second kappa shape index (κ2) is 9.25. The number of hydrogen-bond donors (Lipinski definition) is 0. The molecule has 1 aliphatic heterocycles. The zero-order valence-electron chi connectivity index (χ0n) is 17.1. The van der Waals surface area contributed by atoms with Crippen molar-refractivity contribution in [1.29, 1.82) is 0 Å². The number of benzene rings is 1. The molecule has 1 aliphatic rings. The van der Waals surface area contributed by atoms with E-state index < -0.39 is 11.7 Å². The molecule has 1 saturated heterocycles. The average molecular weight is 442 g/mol. The Labute approximate surface area is 183 Å². The Balaban J connectivity index is 1.45. The number of ether oxygens (including phenoxy) is 1. The fourth-order valence-corrected chi connectivity index (χ4v) is 3.50. The minimum absolute atomic E-state index is 0.203. The second-order valence-corrected chi connectivity index (χ2v) is 7.31. The van der Waals surface area contributed by atoms with Crippen LogP contribution in [0.1, 0.15) is 22.3 Å². The highest BCUT2D eigenvalue weighted by atomic mass is 19.4. The van der Waals surface area contributed by atoms with Crippen molar-refractivity contribution in [3.05, 3.63) is 78.1 Å². The van der Waals surface area contributed by atoms with Gasteiger partial charge in [0.1, 0.15) is 17.1 Å². The maximum atomic E-state index is 13.2. The summed E-state index contributed by atoms with van der Waals surface area (Å²) in [5, 5.41) is 0. The van der Waals surface area contributed by atoms with E-state index in [9.17, 15) is 18.0 Å². The average Bonchev–Trinajstić information content (AvgIpc) is 3.06. The molecule has 1 amide bonds. The first-order valence-electron chi connectivity index (χ1n) is 10.2. The van der Waals surface area contributed by atoms with E-state index in [2.05, 4.69) is 9.97 Å². The van der Waals surface area contributed by atoms with E-state index in [4.69, 9.17) is 4.74 Å². The quantitative estimate of drug-likeness (QED) is 0.589. The van der Waals surface area contributed by atoms with Gasteiger partial charge in [0.15, 0.2) is 0 Å². The zero-order valence-corrected chi connectivity index (χ0v) is 17.1. The van der Waals surface area contributed by atoms with Crippen LogP contribution < -0.4 is 9.64 Å². The van der Waals surface area contributed by atoms with Crippen molar-refractivity contribution < 1.29 is 22.7 Å². The Morgan fingerprint density at radius 2 is 1.72 bits per heavy atom. The van der Waals surface area contributed by atoms with E-state index in [0.717, 1.165) is 12.3 Å². The summed E-state index contributed by atoms with van der Waals surface area (Å²) in [6, 6.07) is 14.8. The molecule has 0 atom stereocenters. The number of pyridine rings is 2. The molecule has 1 fully saturated rings. The number of halogens is 3. The molecule has 0 spiro atoms. The largest absolute Gasteiger partial charge is 0.438 e. The molecule has 0 bridgehead atoms. The smallest absolute Gasteiger partial charge is 0.417 e. The van der Waals surface area contributed by atoms with Gasteiger partial charge in [-0.2, -0.15) is 13.2 Å². The van der Waals surface area contributed by atoms with Crippen LogP contribution >= 0.6 is 0 Å². The lowest BCUT2D eigenvalue weighted by Crippen LogP contribution is -2.35. The predicted molar refractivity (Wildman–Crippen MR) is 113 cm³/mol. The van der Waals surface area contributed by atoms with Crippen molar-refractivity contribution in [3.8, 4) is 11.6 Å². The number of alkyl halides is 3. The topological polar surface area (TPSA) is 58.6 Å². The third kappa shape index (κ3) is 4.99. The van der Waals surface area contributed by atoms with Crippen LogP contribution in [0.5, 0.6) is 11.6 Å². The lowest BCUT2D eigenvalue weighted by atomic mass is 10.2. The molecular formula is C23H21F3N4O2. The normalized spacial score (nSPS) is 14.7. The lowest BCUT2D eigenvalue weighted by molar-refractivity contribution is -0.137. The summed E-state index contributed by atoms with van der Waals surface area (Å²) in [7, 11) is 0. The number of carbonyl (C=O) groups is 1. The van der Waals surface area contributed by atoms with E-state index in [1.54, 1.807) is 35.4 Å². The van der Waals surface area contributed by atoms with Gasteiger partial charge < -0.3 is 14.5 Å². The van der Waals surface area contributed by atoms with Gasteiger partial charge in [0.25, 0.3) is 5.91 Å². The standard InChI is InChI=1S/C23H21F3N4O2/c24-23(25,26)17-9-10-20(28-16-17)29-12-5-13-30(15-14-29)22(31)19-8-4-11-27-21(19)32-18-6-2-1-3-7-18/h1-4,6-11,16H,5,12-15H2. The van der Waals surface area contributed by atoms with Gasteiger partial charge >= 0.3 is 6.18 Å². The summed E-state index contributed by atoms with van der Waals surface area (Å²) in [6.07, 6.45) is -1.36.